The zero-order chi connectivity index (χ0) is 17.0. The van der Waals surface area contributed by atoms with Gasteiger partial charge in [-0.25, -0.2) is 9.78 Å². The van der Waals surface area contributed by atoms with Gasteiger partial charge in [-0.2, -0.15) is 13.2 Å². The van der Waals surface area contributed by atoms with Gasteiger partial charge in [-0.15, -0.1) is 0 Å². The first-order valence-electron chi connectivity index (χ1n) is 6.34. The summed E-state index contributed by atoms with van der Waals surface area (Å²) < 4.78 is 44.8. The summed E-state index contributed by atoms with van der Waals surface area (Å²) in [4.78, 5) is 27.0. The van der Waals surface area contributed by atoms with Crippen LogP contribution in [0.2, 0.25) is 0 Å². The molecular weight excluding hydrogens is 303 g/mol. The number of anilines is 1. The number of halogens is 3. The normalized spacial score (nSPS) is 13.9. The van der Waals surface area contributed by atoms with Crippen LogP contribution in [-0.4, -0.2) is 35.8 Å². The number of aromatic nitrogens is 1. The van der Waals surface area contributed by atoms with Gasteiger partial charge in [0.2, 0.25) is 5.91 Å². The molecule has 1 atom stereocenters. The molecule has 0 saturated carbocycles. The van der Waals surface area contributed by atoms with E-state index < -0.39 is 23.7 Å². The van der Waals surface area contributed by atoms with Crippen molar-refractivity contribution in [3.63, 3.8) is 0 Å². The number of carbonyl (C=O) groups excluding carboxylic acids is 2. The lowest BCUT2D eigenvalue weighted by atomic mass is 10.1. The summed E-state index contributed by atoms with van der Waals surface area (Å²) in [5.41, 5.74) is -3.04. The van der Waals surface area contributed by atoms with E-state index in [4.69, 9.17) is 0 Å². The Labute approximate surface area is 125 Å². The molecule has 1 amide bonds. The third kappa shape index (κ3) is 3.46. The van der Waals surface area contributed by atoms with Gasteiger partial charge in [0.15, 0.2) is 0 Å². The van der Waals surface area contributed by atoms with Gasteiger partial charge >= 0.3 is 17.8 Å². The number of alkyl halides is 3. The van der Waals surface area contributed by atoms with Gasteiger partial charge in [-0.05, 0) is 18.6 Å². The molecule has 1 rings (SSSR count). The molecule has 1 aromatic rings. The van der Waals surface area contributed by atoms with E-state index >= 15 is 0 Å². The highest BCUT2D eigenvalue weighted by Crippen LogP contribution is 2.33. The fraction of sp³-hybridized carbons (Fsp3) is 0.462. The minimum atomic E-state index is -5.14. The monoisotopic (exact) mass is 319 g/mol. The molecule has 1 aromatic heterocycles. The molecule has 9 heteroatoms. The number of hydrogen-bond donors (Lipinski definition) is 2. The van der Waals surface area contributed by atoms with Crippen LogP contribution in [0.5, 0.6) is 0 Å². The fourth-order valence-corrected chi connectivity index (χ4v) is 1.64. The van der Waals surface area contributed by atoms with Crippen LogP contribution in [0, 0.1) is 6.92 Å². The number of hydrogen-bond acceptors (Lipinski definition) is 5. The molecule has 0 radical (unpaired) electrons. The number of esters is 1. The zero-order valence-electron chi connectivity index (χ0n) is 12.2. The van der Waals surface area contributed by atoms with Gasteiger partial charge in [-0.1, -0.05) is 13.0 Å². The van der Waals surface area contributed by atoms with Crippen LogP contribution in [0.25, 0.3) is 0 Å². The van der Waals surface area contributed by atoms with E-state index in [-0.39, 0.29) is 12.2 Å². The molecule has 0 aliphatic carbocycles. The van der Waals surface area contributed by atoms with Crippen molar-refractivity contribution in [2.75, 3.05) is 12.4 Å². The van der Waals surface area contributed by atoms with Crippen molar-refractivity contribution in [3.05, 3.63) is 23.9 Å². The molecule has 0 aliphatic heterocycles. The van der Waals surface area contributed by atoms with Crippen LogP contribution in [0.3, 0.4) is 0 Å². The fourth-order valence-electron chi connectivity index (χ4n) is 1.64. The summed E-state index contributed by atoms with van der Waals surface area (Å²) >= 11 is 0. The molecule has 1 heterocycles. The standard InChI is InChI=1S/C13H16F3N3O3/c1-4-9(20)18-12(11(21)22-3,13(14,15)16)19-10-8(2)6-5-7-17-10/h5-7H,4H2,1-3H3,(H,17,19)(H,18,20)/t12-/m1/s1. The highest BCUT2D eigenvalue weighted by Gasteiger charge is 2.63. The second-order valence-electron chi connectivity index (χ2n) is 4.43. The maximum absolute atomic E-state index is 13.5. The molecule has 0 unspecified atom stereocenters. The van der Waals surface area contributed by atoms with Gasteiger partial charge in [0.1, 0.15) is 5.82 Å². The Bertz CT molecular complexity index is 563. The first-order chi connectivity index (χ1) is 10.2. The molecule has 6 nitrogen and oxygen atoms in total. The molecule has 0 fully saturated rings. The predicted octanol–water partition coefficient (Wildman–Crippen LogP) is 1.76. The van der Waals surface area contributed by atoms with E-state index in [2.05, 4.69) is 9.72 Å². The number of nitrogens with zero attached hydrogens (tertiary/aromatic N) is 1. The summed E-state index contributed by atoms with van der Waals surface area (Å²) in [6, 6.07) is 3.04. The number of methoxy groups -OCH3 is 1. The molecule has 122 valence electrons. The molecule has 0 bridgehead atoms. The molecule has 0 saturated heterocycles. The Hall–Kier alpha value is -2.32. The number of ether oxygens (including phenoxy) is 1. The predicted molar refractivity (Wildman–Crippen MR) is 71.8 cm³/mol. The molecule has 0 aromatic carbocycles. The maximum Gasteiger partial charge on any atom is 0.441 e. The van der Waals surface area contributed by atoms with Crippen molar-refractivity contribution < 1.29 is 27.5 Å². The van der Waals surface area contributed by atoms with Crippen molar-refractivity contribution in [2.45, 2.75) is 32.1 Å². The van der Waals surface area contributed by atoms with Gasteiger partial charge < -0.3 is 15.4 Å². The summed E-state index contributed by atoms with van der Waals surface area (Å²) in [7, 11) is 0.799. The first kappa shape index (κ1) is 17.7. The summed E-state index contributed by atoms with van der Waals surface area (Å²) in [6.07, 6.45) is -4.12. The van der Waals surface area contributed by atoms with Gasteiger partial charge in [0, 0.05) is 12.6 Å². The van der Waals surface area contributed by atoms with Crippen LogP contribution in [-0.2, 0) is 14.3 Å². The van der Waals surface area contributed by atoms with E-state index in [9.17, 15) is 22.8 Å². The largest absolute Gasteiger partial charge is 0.466 e. The number of carbonyl (C=O) groups is 2. The number of nitrogens with one attached hydrogen (secondary N) is 2. The lowest BCUT2D eigenvalue weighted by molar-refractivity contribution is -0.206. The van der Waals surface area contributed by atoms with Gasteiger partial charge in [0.05, 0.1) is 7.11 Å². The Morgan fingerprint density at radius 1 is 1.36 bits per heavy atom. The van der Waals surface area contributed by atoms with Crippen LogP contribution in [0.1, 0.15) is 18.9 Å². The smallest absolute Gasteiger partial charge is 0.441 e. The van der Waals surface area contributed by atoms with Crippen LogP contribution in [0.15, 0.2) is 18.3 Å². The number of aryl methyl sites for hydroxylation is 1. The number of amides is 1. The van der Waals surface area contributed by atoms with Crippen molar-refractivity contribution in [2.24, 2.45) is 0 Å². The maximum atomic E-state index is 13.5. The van der Waals surface area contributed by atoms with E-state index in [0.29, 0.717) is 5.56 Å². The van der Waals surface area contributed by atoms with Crippen LogP contribution >= 0.6 is 0 Å². The lowest BCUT2D eigenvalue weighted by Gasteiger charge is -2.34. The van der Waals surface area contributed by atoms with E-state index in [0.717, 1.165) is 7.11 Å². The third-order valence-electron chi connectivity index (χ3n) is 2.88. The summed E-state index contributed by atoms with van der Waals surface area (Å²) in [5.74, 6) is -2.85. The Morgan fingerprint density at radius 2 is 2.00 bits per heavy atom. The van der Waals surface area contributed by atoms with Crippen molar-refractivity contribution in [1.29, 1.82) is 0 Å². The SMILES string of the molecule is CCC(=O)N[C@@](Nc1ncccc1C)(C(=O)OC)C(F)(F)F. The quantitative estimate of drug-likeness (QED) is 0.638. The minimum Gasteiger partial charge on any atom is -0.466 e. The summed E-state index contributed by atoms with van der Waals surface area (Å²) in [5, 5.41) is 3.63. The summed E-state index contributed by atoms with van der Waals surface area (Å²) in [6.45, 7) is 2.87. The Balaban J connectivity index is 3.39. The molecule has 2 N–H and O–H groups in total. The van der Waals surface area contributed by atoms with Gasteiger partial charge in [-0.3, -0.25) is 4.79 Å². The number of rotatable bonds is 5. The Kier molecular flexibility index (Phi) is 5.34. The highest BCUT2D eigenvalue weighted by atomic mass is 19.4. The van der Waals surface area contributed by atoms with Gasteiger partial charge in [0.25, 0.3) is 0 Å². The van der Waals surface area contributed by atoms with Crippen molar-refractivity contribution in [3.8, 4) is 0 Å². The highest BCUT2D eigenvalue weighted by molar-refractivity contribution is 5.91. The van der Waals surface area contributed by atoms with Crippen LogP contribution < -0.4 is 10.6 Å². The first-order valence-corrected chi connectivity index (χ1v) is 6.34. The van der Waals surface area contributed by atoms with E-state index in [1.165, 1.54) is 32.2 Å². The van der Waals surface area contributed by atoms with E-state index in [1.807, 2.05) is 5.32 Å². The average Bonchev–Trinajstić information content (AvgIpc) is 2.46. The molecule has 0 spiro atoms. The molecular formula is C13H16F3N3O3. The topological polar surface area (TPSA) is 80.3 Å². The second-order valence-corrected chi connectivity index (χ2v) is 4.43. The lowest BCUT2D eigenvalue weighted by Crippen LogP contribution is -2.69. The van der Waals surface area contributed by atoms with Crippen molar-refractivity contribution in [1.82, 2.24) is 10.3 Å². The van der Waals surface area contributed by atoms with Crippen molar-refractivity contribution >= 4 is 17.7 Å². The second kappa shape index (κ2) is 6.63. The molecule has 0 aliphatic rings. The average molecular weight is 319 g/mol. The molecule has 22 heavy (non-hydrogen) atoms. The third-order valence-corrected chi connectivity index (χ3v) is 2.88. The van der Waals surface area contributed by atoms with Crippen LogP contribution in [0.4, 0.5) is 19.0 Å². The zero-order valence-corrected chi connectivity index (χ0v) is 12.2. The minimum absolute atomic E-state index is 0.193. The Morgan fingerprint density at radius 3 is 2.45 bits per heavy atom. The number of pyridine rings is 1. The van der Waals surface area contributed by atoms with E-state index in [1.54, 1.807) is 5.32 Å².